The summed E-state index contributed by atoms with van der Waals surface area (Å²) < 4.78 is 0. The quantitative estimate of drug-likeness (QED) is 0.694. The minimum Gasteiger partial charge on any atom is -0.326 e. The smallest absolute Gasteiger partial charge is 0.274 e. The average Bonchev–Trinajstić information content (AvgIpc) is 2.20. The predicted molar refractivity (Wildman–Crippen MR) is 48.1 cm³/mol. The number of H-pyrrole nitrogens is 1. The van der Waals surface area contributed by atoms with Gasteiger partial charge in [-0.3, -0.25) is 9.78 Å². The number of nitrogens with zero attached hydrogens (tertiary/aromatic N) is 2. The molecule has 0 unspecified atom stereocenters. The molecule has 0 bridgehead atoms. The van der Waals surface area contributed by atoms with Crippen molar-refractivity contribution in [3.05, 3.63) is 47.3 Å². The molecule has 0 aliphatic heterocycles. The molecule has 0 fully saturated rings. The van der Waals surface area contributed by atoms with E-state index in [0.717, 1.165) is 5.56 Å². The first-order valence-corrected chi connectivity index (χ1v) is 3.82. The molecule has 4 nitrogen and oxygen atoms in total. The van der Waals surface area contributed by atoms with Gasteiger partial charge in [-0.2, -0.15) is 0 Å². The van der Waals surface area contributed by atoms with E-state index in [9.17, 15) is 4.79 Å². The van der Waals surface area contributed by atoms with E-state index in [1.54, 1.807) is 30.7 Å². The third-order valence-corrected chi connectivity index (χ3v) is 1.66. The zero-order chi connectivity index (χ0) is 9.10. The Bertz CT molecular complexity index is 450. The lowest BCUT2D eigenvalue weighted by Crippen LogP contribution is -2.09. The van der Waals surface area contributed by atoms with Crippen LogP contribution in [-0.2, 0) is 0 Å². The van der Waals surface area contributed by atoms with Gasteiger partial charge in [0.25, 0.3) is 5.56 Å². The highest BCUT2D eigenvalue weighted by Crippen LogP contribution is 2.08. The summed E-state index contributed by atoms with van der Waals surface area (Å²) in [4.78, 5) is 21.7. The van der Waals surface area contributed by atoms with Crippen LogP contribution in [0.2, 0.25) is 0 Å². The van der Waals surface area contributed by atoms with Crippen LogP contribution in [0, 0.1) is 0 Å². The predicted octanol–water partition coefficient (Wildman–Crippen LogP) is 0.832. The molecular formula is C9H7N3O. The monoisotopic (exact) mass is 173 g/mol. The molecule has 13 heavy (non-hydrogen) atoms. The van der Waals surface area contributed by atoms with Crippen molar-refractivity contribution in [2.24, 2.45) is 0 Å². The zero-order valence-corrected chi connectivity index (χ0v) is 6.77. The average molecular weight is 173 g/mol. The van der Waals surface area contributed by atoms with E-state index in [-0.39, 0.29) is 5.56 Å². The fourth-order valence-corrected chi connectivity index (χ4v) is 1.07. The van der Waals surface area contributed by atoms with Crippen LogP contribution in [0.3, 0.4) is 0 Å². The minimum atomic E-state index is -0.186. The summed E-state index contributed by atoms with van der Waals surface area (Å²) in [6, 6.07) is 3.50. The summed E-state index contributed by atoms with van der Waals surface area (Å²) in [7, 11) is 0. The van der Waals surface area contributed by atoms with Crippen molar-refractivity contribution in [3.63, 3.8) is 0 Å². The number of pyridine rings is 1. The first-order chi connectivity index (χ1) is 6.38. The number of aromatic amines is 1. The van der Waals surface area contributed by atoms with Crippen LogP contribution >= 0.6 is 0 Å². The van der Waals surface area contributed by atoms with Gasteiger partial charge in [0.05, 0.1) is 0 Å². The number of nitrogens with one attached hydrogen (secondary N) is 1. The second kappa shape index (κ2) is 3.18. The van der Waals surface area contributed by atoms with Gasteiger partial charge in [0.1, 0.15) is 5.69 Å². The van der Waals surface area contributed by atoms with Crippen LogP contribution in [0.5, 0.6) is 0 Å². The van der Waals surface area contributed by atoms with Gasteiger partial charge in [0.15, 0.2) is 0 Å². The molecule has 4 heteroatoms. The fraction of sp³-hybridized carbons (Fsp3) is 0. The van der Waals surface area contributed by atoms with Crippen molar-refractivity contribution in [2.75, 3.05) is 0 Å². The molecule has 1 N–H and O–H groups in total. The van der Waals surface area contributed by atoms with E-state index < -0.39 is 0 Å². The molecule has 0 atom stereocenters. The lowest BCUT2D eigenvalue weighted by atomic mass is 10.2. The lowest BCUT2D eigenvalue weighted by molar-refractivity contribution is 1.14. The third kappa shape index (κ3) is 1.46. The van der Waals surface area contributed by atoms with Crippen molar-refractivity contribution < 1.29 is 0 Å². The number of hydrogen-bond donors (Lipinski definition) is 1. The first kappa shape index (κ1) is 7.67. The Labute approximate surface area is 74.3 Å². The van der Waals surface area contributed by atoms with E-state index in [1.807, 2.05) is 0 Å². The maximum Gasteiger partial charge on any atom is 0.274 e. The molecule has 0 radical (unpaired) electrons. The van der Waals surface area contributed by atoms with Gasteiger partial charge in [-0.1, -0.05) is 0 Å². The molecule has 0 aliphatic rings. The summed E-state index contributed by atoms with van der Waals surface area (Å²) >= 11 is 0. The molecule has 2 aromatic heterocycles. The first-order valence-electron chi connectivity index (χ1n) is 3.82. The van der Waals surface area contributed by atoms with Gasteiger partial charge < -0.3 is 4.98 Å². The molecule has 0 saturated carbocycles. The maximum absolute atomic E-state index is 11.3. The summed E-state index contributed by atoms with van der Waals surface area (Å²) in [6.07, 6.45) is 6.32. The van der Waals surface area contributed by atoms with E-state index in [0.29, 0.717) is 5.69 Å². The van der Waals surface area contributed by atoms with Crippen LogP contribution < -0.4 is 5.56 Å². The molecule has 0 spiro atoms. The van der Waals surface area contributed by atoms with E-state index in [1.165, 1.54) is 6.20 Å². The van der Waals surface area contributed by atoms with Crippen LogP contribution in [0.15, 0.2) is 41.7 Å². The Morgan fingerprint density at radius 2 is 1.92 bits per heavy atom. The van der Waals surface area contributed by atoms with Gasteiger partial charge in [-0.05, 0) is 12.1 Å². The van der Waals surface area contributed by atoms with E-state index in [4.69, 9.17) is 0 Å². The largest absolute Gasteiger partial charge is 0.326 e. The molecule has 64 valence electrons. The lowest BCUT2D eigenvalue weighted by Gasteiger charge is -1.96. The highest BCUT2D eigenvalue weighted by atomic mass is 16.1. The summed E-state index contributed by atoms with van der Waals surface area (Å²) in [5, 5.41) is 0. The van der Waals surface area contributed by atoms with Crippen LogP contribution in [0.25, 0.3) is 11.3 Å². The molecule has 2 heterocycles. The Morgan fingerprint density at radius 3 is 2.62 bits per heavy atom. The highest BCUT2D eigenvalue weighted by molar-refractivity contribution is 5.56. The van der Waals surface area contributed by atoms with Crippen LogP contribution in [0.1, 0.15) is 0 Å². The van der Waals surface area contributed by atoms with Gasteiger partial charge in [-0.15, -0.1) is 0 Å². The third-order valence-electron chi connectivity index (χ3n) is 1.66. The fourth-order valence-electron chi connectivity index (χ4n) is 1.07. The number of aromatic nitrogens is 3. The minimum absolute atomic E-state index is 0.186. The van der Waals surface area contributed by atoms with E-state index >= 15 is 0 Å². The molecule has 0 saturated heterocycles. The Hall–Kier alpha value is -1.97. The van der Waals surface area contributed by atoms with Crippen molar-refractivity contribution in [1.82, 2.24) is 15.0 Å². The summed E-state index contributed by atoms with van der Waals surface area (Å²) in [5.41, 5.74) is 1.01. The Balaban J connectivity index is 2.60. The maximum atomic E-state index is 11.3. The standard InChI is InChI=1S/C9H7N3O/c13-9-8(11-5-6-12-9)7-1-3-10-4-2-7/h1-6H,(H,12,13). The molecule has 0 aliphatic carbocycles. The molecule has 0 amide bonds. The normalized spacial score (nSPS) is 9.85. The van der Waals surface area contributed by atoms with Gasteiger partial charge in [0, 0.05) is 30.4 Å². The van der Waals surface area contributed by atoms with Gasteiger partial charge in [0.2, 0.25) is 0 Å². The van der Waals surface area contributed by atoms with Crippen LogP contribution in [0.4, 0.5) is 0 Å². The van der Waals surface area contributed by atoms with Crippen LogP contribution in [-0.4, -0.2) is 15.0 Å². The Morgan fingerprint density at radius 1 is 1.15 bits per heavy atom. The molecule has 2 rings (SSSR count). The van der Waals surface area contributed by atoms with Crippen molar-refractivity contribution >= 4 is 0 Å². The Kier molecular flexibility index (Phi) is 1.88. The topological polar surface area (TPSA) is 58.6 Å². The number of rotatable bonds is 1. The molecule has 0 aromatic carbocycles. The van der Waals surface area contributed by atoms with Crippen molar-refractivity contribution in [2.45, 2.75) is 0 Å². The second-order valence-electron chi connectivity index (χ2n) is 2.50. The second-order valence-corrected chi connectivity index (χ2v) is 2.50. The summed E-state index contributed by atoms with van der Waals surface area (Å²) in [6.45, 7) is 0. The van der Waals surface area contributed by atoms with Gasteiger partial charge >= 0.3 is 0 Å². The number of hydrogen-bond acceptors (Lipinski definition) is 3. The van der Waals surface area contributed by atoms with Crippen molar-refractivity contribution in [3.8, 4) is 11.3 Å². The molecular weight excluding hydrogens is 166 g/mol. The van der Waals surface area contributed by atoms with Crippen molar-refractivity contribution in [1.29, 1.82) is 0 Å². The highest BCUT2D eigenvalue weighted by Gasteiger charge is 2.01. The zero-order valence-electron chi connectivity index (χ0n) is 6.77. The SMILES string of the molecule is O=c1[nH]ccnc1-c1ccncc1. The van der Waals surface area contributed by atoms with E-state index in [2.05, 4.69) is 15.0 Å². The van der Waals surface area contributed by atoms with Gasteiger partial charge in [-0.25, -0.2) is 4.98 Å². The summed E-state index contributed by atoms with van der Waals surface area (Å²) in [5.74, 6) is 0. The molecule has 2 aromatic rings.